The Morgan fingerprint density at radius 1 is 0.875 bits per heavy atom. The van der Waals surface area contributed by atoms with Gasteiger partial charge in [-0.2, -0.15) is 0 Å². The minimum atomic E-state index is -2.59. The summed E-state index contributed by atoms with van der Waals surface area (Å²) in [5.74, 6) is 0.196. The van der Waals surface area contributed by atoms with Gasteiger partial charge in [-0.05, 0) is 49.2 Å². The van der Waals surface area contributed by atoms with E-state index in [1.54, 1.807) is 82.9 Å². The van der Waals surface area contributed by atoms with Crippen molar-refractivity contribution < 1.29 is 32.3 Å². The van der Waals surface area contributed by atoms with Gasteiger partial charge in [-0.3, -0.25) is 4.79 Å². The molecule has 0 aliphatic rings. The van der Waals surface area contributed by atoms with Crippen molar-refractivity contribution in [2.75, 3.05) is 34.5 Å². The van der Waals surface area contributed by atoms with Gasteiger partial charge in [-0.1, -0.05) is 24.3 Å². The van der Waals surface area contributed by atoms with Crippen LogP contribution in [0, 0.1) is 0 Å². The van der Waals surface area contributed by atoms with Crippen molar-refractivity contribution in [2.24, 2.45) is 0 Å². The van der Waals surface area contributed by atoms with E-state index >= 15 is 0 Å². The molecule has 0 heterocycles. The fraction of sp³-hybridized carbons (Fsp3) is 0.333. The van der Waals surface area contributed by atoms with E-state index in [2.05, 4.69) is 0 Å². The SMILES string of the molecule is CCOC(=O)C=Cc1ccc(C(=O)c2ccc(OCCC[Si](OC)(OC)OC)cc2)cc1. The van der Waals surface area contributed by atoms with Crippen LogP contribution in [0.25, 0.3) is 6.08 Å². The van der Waals surface area contributed by atoms with Crippen LogP contribution in [0.15, 0.2) is 54.6 Å². The molecule has 0 atom stereocenters. The first kappa shape index (κ1) is 25.5. The molecule has 0 saturated heterocycles. The summed E-state index contributed by atoms with van der Waals surface area (Å²) in [5, 5.41) is 0. The normalized spacial score (nSPS) is 11.5. The van der Waals surface area contributed by atoms with E-state index in [0.717, 1.165) is 12.0 Å². The Morgan fingerprint density at radius 2 is 1.44 bits per heavy atom. The van der Waals surface area contributed by atoms with Gasteiger partial charge in [0.05, 0.1) is 13.2 Å². The van der Waals surface area contributed by atoms with Gasteiger partial charge in [0.15, 0.2) is 5.78 Å². The third-order valence-electron chi connectivity index (χ3n) is 4.82. The molecule has 0 aliphatic carbocycles. The molecule has 2 aromatic carbocycles. The van der Waals surface area contributed by atoms with E-state index in [-0.39, 0.29) is 5.78 Å². The molecule has 0 aromatic heterocycles. The maximum absolute atomic E-state index is 12.7. The van der Waals surface area contributed by atoms with Crippen LogP contribution < -0.4 is 4.74 Å². The van der Waals surface area contributed by atoms with E-state index < -0.39 is 14.8 Å². The van der Waals surface area contributed by atoms with Crippen LogP contribution in [0.1, 0.15) is 34.8 Å². The molecule has 2 rings (SSSR count). The molecule has 0 radical (unpaired) electrons. The van der Waals surface area contributed by atoms with Crippen LogP contribution >= 0.6 is 0 Å². The lowest BCUT2D eigenvalue weighted by atomic mass is 10.0. The molecule has 7 nitrogen and oxygen atoms in total. The average Bonchev–Trinajstić information content (AvgIpc) is 2.84. The number of carbonyl (C=O) groups is 2. The summed E-state index contributed by atoms with van der Waals surface area (Å²) < 4.78 is 26.8. The lowest BCUT2D eigenvalue weighted by molar-refractivity contribution is -0.137. The summed E-state index contributed by atoms with van der Waals surface area (Å²) in [6.07, 6.45) is 3.73. The van der Waals surface area contributed by atoms with E-state index in [4.69, 9.17) is 22.8 Å². The molecule has 0 bridgehead atoms. The second-order valence-electron chi connectivity index (χ2n) is 6.81. The Balaban J connectivity index is 1.89. The number of rotatable bonds is 13. The van der Waals surface area contributed by atoms with Crippen LogP contribution in [-0.4, -0.2) is 55.1 Å². The Labute approximate surface area is 190 Å². The van der Waals surface area contributed by atoms with E-state index in [1.807, 2.05) is 0 Å². The van der Waals surface area contributed by atoms with Gasteiger partial charge in [0.1, 0.15) is 5.75 Å². The summed E-state index contributed by atoms with van der Waals surface area (Å²) >= 11 is 0. The molecule has 0 N–H and O–H groups in total. The Morgan fingerprint density at radius 3 is 1.97 bits per heavy atom. The molecule has 0 spiro atoms. The number of ether oxygens (including phenoxy) is 2. The lowest BCUT2D eigenvalue weighted by Gasteiger charge is -2.24. The fourth-order valence-corrected chi connectivity index (χ4v) is 4.69. The topological polar surface area (TPSA) is 80.3 Å². The third-order valence-corrected chi connectivity index (χ3v) is 7.65. The zero-order valence-electron chi connectivity index (χ0n) is 19.0. The summed E-state index contributed by atoms with van der Waals surface area (Å²) in [4.78, 5) is 24.1. The molecular formula is C24H30O7Si. The number of esters is 1. The van der Waals surface area contributed by atoms with Crippen LogP contribution in [0.4, 0.5) is 0 Å². The van der Waals surface area contributed by atoms with Crippen molar-refractivity contribution in [3.05, 3.63) is 71.3 Å². The number of benzene rings is 2. The van der Waals surface area contributed by atoms with Crippen LogP contribution in [0.5, 0.6) is 5.75 Å². The Kier molecular flexibility index (Phi) is 10.3. The van der Waals surface area contributed by atoms with Crippen molar-refractivity contribution in [3.63, 3.8) is 0 Å². The highest BCUT2D eigenvalue weighted by atomic mass is 28.4. The summed E-state index contributed by atoms with van der Waals surface area (Å²) in [6, 6.07) is 14.7. The number of carbonyl (C=O) groups excluding carboxylic acids is 2. The van der Waals surface area contributed by atoms with Gasteiger partial charge in [0.25, 0.3) is 0 Å². The van der Waals surface area contributed by atoms with Gasteiger partial charge in [-0.15, -0.1) is 0 Å². The predicted molar refractivity (Wildman–Crippen MR) is 124 cm³/mol. The summed E-state index contributed by atoms with van der Waals surface area (Å²) in [6.45, 7) is 2.57. The van der Waals surface area contributed by atoms with Crippen LogP contribution in [-0.2, 0) is 22.8 Å². The van der Waals surface area contributed by atoms with Gasteiger partial charge in [0.2, 0.25) is 0 Å². The number of ketones is 1. The quantitative estimate of drug-likeness (QED) is 0.147. The van der Waals surface area contributed by atoms with E-state index in [1.165, 1.54) is 6.08 Å². The number of hydrogen-bond donors (Lipinski definition) is 0. The number of hydrogen-bond acceptors (Lipinski definition) is 7. The fourth-order valence-electron chi connectivity index (χ4n) is 3.00. The monoisotopic (exact) mass is 458 g/mol. The maximum Gasteiger partial charge on any atom is 0.500 e. The Hall–Kier alpha value is -2.78. The maximum atomic E-state index is 12.7. The first-order valence-electron chi connectivity index (χ1n) is 10.3. The Bertz CT molecular complexity index is 879. The van der Waals surface area contributed by atoms with Crippen molar-refractivity contribution in [1.82, 2.24) is 0 Å². The first-order chi connectivity index (χ1) is 15.5. The zero-order valence-corrected chi connectivity index (χ0v) is 20.0. The molecular weight excluding hydrogens is 428 g/mol. The smallest absolute Gasteiger partial charge is 0.494 e. The van der Waals surface area contributed by atoms with E-state index in [9.17, 15) is 9.59 Å². The van der Waals surface area contributed by atoms with Crippen molar-refractivity contribution >= 4 is 26.6 Å². The van der Waals surface area contributed by atoms with Crippen molar-refractivity contribution in [2.45, 2.75) is 19.4 Å². The molecule has 32 heavy (non-hydrogen) atoms. The van der Waals surface area contributed by atoms with E-state index in [0.29, 0.717) is 36.1 Å². The predicted octanol–water partition coefficient (Wildman–Crippen LogP) is 4.14. The van der Waals surface area contributed by atoms with Crippen molar-refractivity contribution in [1.29, 1.82) is 0 Å². The molecule has 2 aromatic rings. The van der Waals surface area contributed by atoms with Gasteiger partial charge in [-0.25, -0.2) is 4.79 Å². The highest BCUT2D eigenvalue weighted by molar-refractivity contribution is 6.60. The first-order valence-corrected chi connectivity index (χ1v) is 12.3. The molecule has 0 aliphatic heterocycles. The molecule has 0 amide bonds. The largest absolute Gasteiger partial charge is 0.500 e. The molecule has 172 valence electrons. The summed E-state index contributed by atoms with van der Waals surface area (Å²) in [7, 11) is 2.17. The van der Waals surface area contributed by atoms with Crippen LogP contribution in [0.3, 0.4) is 0 Å². The minimum Gasteiger partial charge on any atom is -0.494 e. The second-order valence-corrected chi connectivity index (χ2v) is 9.90. The molecule has 0 fully saturated rings. The molecule has 8 heteroatoms. The minimum absolute atomic E-state index is 0.0893. The lowest BCUT2D eigenvalue weighted by Crippen LogP contribution is -2.42. The van der Waals surface area contributed by atoms with Crippen molar-refractivity contribution in [3.8, 4) is 5.75 Å². The van der Waals surface area contributed by atoms with Gasteiger partial charge < -0.3 is 22.8 Å². The highest BCUT2D eigenvalue weighted by Crippen LogP contribution is 2.19. The second kappa shape index (κ2) is 12.9. The van der Waals surface area contributed by atoms with Crippen LogP contribution in [0.2, 0.25) is 6.04 Å². The van der Waals surface area contributed by atoms with Gasteiger partial charge >= 0.3 is 14.8 Å². The average molecular weight is 459 g/mol. The zero-order chi connectivity index (χ0) is 23.4. The highest BCUT2D eigenvalue weighted by Gasteiger charge is 2.36. The molecule has 0 unspecified atom stereocenters. The standard InChI is InChI=1S/C24H30O7Si/c1-5-30-23(25)16-9-19-7-10-20(11-8-19)24(26)21-12-14-22(15-13-21)31-17-6-18-32(27-2,28-3)29-4/h7-16H,5-6,17-18H2,1-4H3. The molecule has 0 saturated carbocycles. The van der Waals surface area contributed by atoms with Gasteiger partial charge in [0, 0.05) is 44.6 Å². The third kappa shape index (κ3) is 7.42. The summed E-state index contributed by atoms with van der Waals surface area (Å²) in [5.41, 5.74) is 1.93.